The summed E-state index contributed by atoms with van der Waals surface area (Å²) in [4.78, 5) is 12.3. The van der Waals surface area contributed by atoms with Gasteiger partial charge in [0.1, 0.15) is 5.78 Å². The number of carbonyl (C=O) groups excluding carboxylic acids is 1. The Kier molecular flexibility index (Phi) is 2.91. The van der Waals surface area contributed by atoms with Crippen molar-refractivity contribution in [3.8, 4) is 0 Å². The average molecular weight is 272 g/mol. The standard InChI is InChI=1S/C19H28O/c1-12-3-5-14-13(11-12)4-6-16-15(14)9-10-19(2)17(16)7-8-18(19)20/h3,13-17H,4-11H2,1-2H3/t13-,14-,15+,16+,17-,19-/m0/s1. The van der Waals surface area contributed by atoms with Crippen LogP contribution in [0.25, 0.3) is 0 Å². The Hall–Kier alpha value is -0.590. The van der Waals surface area contributed by atoms with E-state index in [-0.39, 0.29) is 5.41 Å². The molecule has 0 unspecified atom stereocenters. The van der Waals surface area contributed by atoms with Crippen LogP contribution in [0.4, 0.5) is 0 Å². The topological polar surface area (TPSA) is 17.1 Å². The fourth-order valence-corrected chi connectivity index (χ4v) is 6.46. The van der Waals surface area contributed by atoms with E-state index in [1.807, 2.05) is 0 Å². The van der Waals surface area contributed by atoms with Crippen LogP contribution >= 0.6 is 0 Å². The molecule has 110 valence electrons. The van der Waals surface area contributed by atoms with Crippen LogP contribution < -0.4 is 0 Å². The lowest BCUT2D eigenvalue weighted by Crippen LogP contribution is -2.47. The molecule has 0 heterocycles. The van der Waals surface area contributed by atoms with Crippen LogP contribution in [0.15, 0.2) is 11.6 Å². The van der Waals surface area contributed by atoms with Crippen molar-refractivity contribution in [1.82, 2.24) is 0 Å². The summed E-state index contributed by atoms with van der Waals surface area (Å²) in [5.41, 5.74) is 1.69. The number of ketones is 1. The molecule has 3 fully saturated rings. The van der Waals surface area contributed by atoms with Gasteiger partial charge in [0.15, 0.2) is 0 Å². The van der Waals surface area contributed by atoms with Gasteiger partial charge in [-0.1, -0.05) is 18.6 Å². The van der Waals surface area contributed by atoms with E-state index in [9.17, 15) is 4.79 Å². The lowest BCUT2D eigenvalue weighted by Gasteiger charge is -2.53. The zero-order valence-electron chi connectivity index (χ0n) is 13.0. The first kappa shape index (κ1) is 13.1. The molecule has 0 amide bonds. The van der Waals surface area contributed by atoms with Crippen molar-refractivity contribution in [1.29, 1.82) is 0 Å². The van der Waals surface area contributed by atoms with E-state index in [0.717, 1.165) is 36.0 Å². The normalized spacial score (nSPS) is 51.0. The van der Waals surface area contributed by atoms with Crippen LogP contribution in [0.5, 0.6) is 0 Å². The summed E-state index contributed by atoms with van der Waals surface area (Å²) in [6.07, 6.45) is 12.6. The molecule has 0 bridgehead atoms. The first-order valence-corrected chi connectivity index (χ1v) is 8.78. The number of hydrogen-bond donors (Lipinski definition) is 0. The third-order valence-electron chi connectivity index (χ3n) is 7.55. The van der Waals surface area contributed by atoms with E-state index >= 15 is 0 Å². The van der Waals surface area contributed by atoms with Gasteiger partial charge in [0.2, 0.25) is 0 Å². The third kappa shape index (κ3) is 1.71. The maximum absolute atomic E-state index is 12.3. The summed E-state index contributed by atoms with van der Waals surface area (Å²) in [6, 6.07) is 0. The Balaban J connectivity index is 1.61. The van der Waals surface area contributed by atoms with Crippen molar-refractivity contribution >= 4 is 5.78 Å². The molecule has 20 heavy (non-hydrogen) atoms. The number of allylic oxidation sites excluding steroid dienone is 2. The van der Waals surface area contributed by atoms with Crippen molar-refractivity contribution in [2.24, 2.45) is 35.0 Å². The molecule has 0 aromatic rings. The highest BCUT2D eigenvalue weighted by atomic mass is 16.1. The van der Waals surface area contributed by atoms with E-state index in [0.29, 0.717) is 5.78 Å². The van der Waals surface area contributed by atoms with Crippen LogP contribution in [-0.2, 0) is 4.79 Å². The highest BCUT2D eigenvalue weighted by molar-refractivity contribution is 5.87. The van der Waals surface area contributed by atoms with E-state index in [1.165, 1.54) is 44.9 Å². The maximum Gasteiger partial charge on any atom is 0.139 e. The van der Waals surface area contributed by atoms with Crippen LogP contribution in [0, 0.1) is 35.0 Å². The molecule has 0 aliphatic heterocycles. The summed E-state index contributed by atoms with van der Waals surface area (Å²) >= 11 is 0. The highest BCUT2D eigenvalue weighted by Gasteiger charge is 2.56. The minimum Gasteiger partial charge on any atom is -0.299 e. The SMILES string of the molecule is CC1=CC[C@H]2[C@@H](CC[C@@H]3[C@@H]2CC[C@]2(C)C(=O)CC[C@@H]32)C1. The number of Topliss-reactive ketones (excluding diaryl/α,β-unsaturated/α-hetero) is 1. The predicted molar refractivity (Wildman–Crippen MR) is 81.3 cm³/mol. The fraction of sp³-hybridized carbons (Fsp3) is 0.842. The van der Waals surface area contributed by atoms with Crippen molar-refractivity contribution in [3.05, 3.63) is 11.6 Å². The summed E-state index contributed by atoms with van der Waals surface area (Å²) in [6.45, 7) is 4.61. The van der Waals surface area contributed by atoms with E-state index < -0.39 is 0 Å². The van der Waals surface area contributed by atoms with E-state index in [4.69, 9.17) is 0 Å². The molecule has 0 saturated heterocycles. The first-order chi connectivity index (χ1) is 9.59. The van der Waals surface area contributed by atoms with Gasteiger partial charge < -0.3 is 0 Å². The van der Waals surface area contributed by atoms with Gasteiger partial charge in [0, 0.05) is 11.8 Å². The Morgan fingerprint density at radius 1 is 1.10 bits per heavy atom. The molecule has 0 radical (unpaired) electrons. The maximum atomic E-state index is 12.3. The predicted octanol–water partition coefficient (Wildman–Crippen LogP) is 4.76. The Morgan fingerprint density at radius 2 is 1.95 bits per heavy atom. The van der Waals surface area contributed by atoms with Crippen LogP contribution in [0.3, 0.4) is 0 Å². The number of fused-ring (bicyclic) bond motifs is 5. The van der Waals surface area contributed by atoms with Gasteiger partial charge in [-0.15, -0.1) is 0 Å². The van der Waals surface area contributed by atoms with Crippen molar-refractivity contribution in [2.75, 3.05) is 0 Å². The molecule has 0 aromatic carbocycles. The van der Waals surface area contributed by atoms with Gasteiger partial charge in [-0.2, -0.15) is 0 Å². The smallest absolute Gasteiger partial charge is 0.139 e. The minimum atomic E-state index is 0.0639. The van der Waals surface area contributed by atoms with Gasteiger partial charge in [-0.25, -0.2) is 0 Å². The summed E-state index contributed by atoms with van der Waals surface area (Å²) < 4.78 is 0. The molecule has 4 aliphatic rings. The van der Waals surface area contributed by atoms with Crippen LogP contribution in [0.2, 0.25) is 0 Å². The Labute approximate surface area is 123 Å². The third-order valence-corrected chi connectivity index (χ3v) is 7.55. The van der Waals surface area contributed by atoms with E-state index in [1.54, 1.807) is 5.57 Å². The largest absolute Gasteiger partial charge is 0.299 e. The second-order valence-electron chi connectivity index (χ2n) is 8.34. The zero-order valence-corrected chi connectivity index (χ0v) is 13.0. The van der Waals surface area contributed by atoms with Gasteiger partial charge in [-0.3, -0.25) is 4.79 Å². The fourth-order valence-electron chi connectivity index (χ4n) is 6.46. The highest BCUT2D eigenvalue weighted by Crippen LogP contribution is 2.61. The van der Waals surface area contributed by atoms with Crippen LogP contribution in [-0.4, -0.2) is 5.78 Å². The molecular weight excluding hydrogens is 244 g/mol. The van der Waals surface area contributed by atoms with Gasteiger partial charge in [0.05, 0.1) is 0 Å². The molecule has 0 aromatic heterocycles. The van der Waals surface area contributed by atoms with Crippen molar-refractivity contribution in [2.45, 2.75) is 65.2 Å². The number of hydrogen-bond acceptors (Lipinski definition) is 1. The van der Waals surface area contributed by atoms with Crippen LogP contribution in [0.1, 0.15) is 65.2 Å². The molecule has 3 saturated carbocycles. The molecule has 0 N–H and O–H groups in total. The average Bonchev–Trinajstić information content (AvgIpc) is 2.74. The second-order valence-corrected chi connectivity index (χ2v) is 8.34. The molecule has 4 aliphatic carbocycles. The molecule has 6 atom stereocenters. The molecule has 1 nitrogen and oxygen atoms in total. The Bertz CT molecular complexity index is 462. The van der Waals surface area contributed by atoms with Gasteiger partial charge >= 0.3 is 0 Å². The Morgan fingerprint density at radius 3 is 2.80 bits per heavy atom. The quantitative estimate of drug-likeness (QED) is 0.581. The minimum absolute atomic E-state index is 0.0639. The molecule has 0 spiro atoms. The van der Waals surface area contributed by atoms with Gasteiger partial charge in [-0.05, 0) is 81.5 Å². The number of carbonyl (C=O) groups is 1. The second kappa shape index (κ2) is 4.45. The lowest BCUT2D eigenvalue weighted by molar-refractivity contribution is -0.132. The van der Waals surface area contributed by atoms with Crippen molar-refractivity contribution in [3.63, 3.8) is 0 Å². The number of rotatable bonds is 0. The molecular formula is C19H28O. The monoisotopic (exact) mass is 272 g/mol. The summed E-state index contributed by atoms with van der Waals surface area (Å²) in [5, 5.41) is 0. The van der Waals surface area contributed by atoms with Crippen molar-refractivity contribution < 1.29 is 4.79 Å². The summed E-state index contributed by atoms with van der Waals surface area (Å²) in [7, 11) is 0. The first-order valence-electron chi connectivity index (χ1n) is 8.78. The van der Waals surface area contributed by atoms with E-state index in [2.05, 4.69) is 19.9 Å². The summed E-state index contributed by atoms with van der Waals surface area (Å²) in [5.74, 6) is 5.01. The zero-order chi connectivity index (χ0) is 13.9. The van der Waals surface area contributed by atoms with Gasteiger partial charge in [0.25, 0.3) is 0 Å². The molecule has 1 heteroatoms. The molecule has 4 rings (SSSR count). The lowest BCUT2D eigenvalue weighted by atomic mass is 9.51.